The number of nitrogens with zero attached hydrogens (tertiary/aromatic N) is 5. The molecule has 4 aromatic rings. The van der Waals surface area contributed by atoms with Crippen LogP contribution in [0.2, 0.25) is 5.02 Å². The lowest BCUT2D eigenvalue weighted by molar-refractivity contribution is 0.0255. The molecule has 1 aromatic carbocycles. The lowest BCUT2D eigenvalue weighted by Crippen LogP contribution is -2.27. The standard InChI is InChI=1S/C30H34ClFN6O2/c1-5-37-25(13-26(35-37)38-17(2)6-7-18(38)3)30(40)14-20-10-19(11-21(20)15-30)27-28(36(4)16-33-27)29(39)34-22-8-9-24(32)23(31)12-22/h6-9,12-13,16,19-21,40H,5,10-11,14-15H2,1-4H3,(H,34,39). The van der Waals surface area contributed by atoms with Crippen molar-refractivity contribution < 1.29 is 14.3 Å². The van der Waals surface area contributed by atoms with Crippen molar-refractivity contribution in [1.29, 1.82) is 0 Å². The fourth-order valence-corrected chi connectivity index (χ4v) is 7.22. The number of anilines is 1. The van der Waals surface area contributed by atoms with E-state index in [-0.39, 0.29) is 16.8 Å². The fraction of sp³-hybridized carbons (Fsp3) is 0.433. The van der Waals surface area contributed by atoms with Crippen molar-refractivity contribution >= 4 is 23.2 Å². The summed E-state index contributed by atoms with van der Waals surface area (Å²) >= 11 is 5.90. The molecule has 8 nitrogen and oxygen atoms in total. The maximum absolute atomic E-state index is 13.6. The Bertz CT molecular complexity index is 1570. The summed E-state index contributed by atoms with van der Waals surface area (Å²) in [7, 11) is 1.80. The molecule has 2 unspecified atom stereocenters. The Labute approximate surface area is 237 Å². The van der Waals surface area contributed by atoms with E-state index in [0.29, 0.717) is 42.6 Å². The van der Waals surface area contributed by atoms with Gasteiger partial charge in [0, 0.05) is 42.7 Å². The van der Waals surface area contributed by atoms with Crippen molar-refractivity contribution in [1.82, 2.24) is 23.9 Å². The van der Waals surface area contributed by atoms with Crippen molar-refractivity contribution in [2.45, 2.75) is 64.5 Å². The average Bonchev–Trinajstić information content (AvgIpc) is 3.70. The van der Waals surface area contributed by atoms with Gasteiger partial charge in [-0.05, 0) is 88.6 Å². The van der Waals surface area contributed by atoms with Crippen molar-refractivity contribution in [3.05, 3.63) is 82.0 Å². The predicted molar refractivity (Wildman–Crippen MR) is 151 cm³/mol. The molecule has 1 amide bonds. The minimum absolute atomic E-state index is 0.0469. The topological polar surface area (TPSA) is 89.9 Å². The van der Waals surface area contributed by atoms with Crippen LogP contribution in [0.15, 0.2) is 42.7 Å². The summed E-state index contributed by atoms with van der Waals surface area (Å²) in [4.78, 5) is 17.9. The minimum atomic E-state index is -0.942. The fourth-order valence-electron chi connectivity index (χ4n) is 7.04. The Morgan fingerprint density at radius 2 is 1.82 bits per heavy atom. The summed E-state index contributed by atoms with van der Waals surface area (Å²) in [6.45, 7) is 6.86. The van der Waals surface area contributed by atoms with Gasteiger partial charge in [0.2, 0.25) is 0 Å². The zero-order chi connectivity index (χ0) is 28.3. The molecule has 2 saturated carbocycles. The van der Waals surface area contributed by atoms with Crippen molar-refractivity contribution in [3.8, 4) is 5.82 Å². The third-order valence-corrected chi connectivity index (χ3v) is 9.12. The van der Waals surface area contributed by atoms with Crippen molar-refractivity contribution in [2.24, 2.45) is 18.9 Å². The van der Waals surface area contributed by atoms with Crippen LogP contribution in [0, 0.1) is 31.5 Å². The molecule has 0 aliphatic heterocycles. The number of nitrogens with one attached hydrogen (secondary N) is 1. The highest BCUT2D eigenvalue weighted by Crippen LogP contribution is 2.57. The van der Waals surface area contributed by atoms with Gasteiger partial charge in [-0.1, -0.05) is 11.6 Å². The number of halogens is 2. The van der Waals surface area contributed by atoms with Crippen LogP contribution in [0.5, 0.6) is 0 Å². The van der Waals surface area contributed by atoms with Gasteiger partial charge in [0.1, 0.15) is 17.1 Å². The van der Waals surface area contributed by atoms with Crippen molar-refractivity contribution in [2.75, 3.05) is 5.32 Å². The quantitative estimate of drug-likeness (QED) is 0.306. The summed E-state index contributed by atoms with van der Waals surface area (Å²) in [5.41, 5.74) is 3.84. The number of carbonyl (C=O) groups excluding carboxylic acids is 1. The van der Waals surface area contributed by atoms with Gasteiger partial charge < -0.3 is 19.6 Å². The molecule has 0 bridgehead atoms. The molecule has 2 N–H and O–H groups in total. The zero-order valence-corrected chi connectivity index (χ0v) is 23.9. The summed E-state index contributed by atoms with van der Waals surface area (Å²) in [5.74, 6) is 0.764. The number of fused-ring (bicyclic) bond motifs is 1. The first-order valence-corrected chi connectivity index (χ1v) is 14.2. The Balaban J connectivity index is 1.20. The third kappa shape index (κ3) is 4.45. The van der Waals surface area contributed by atoms with E-state index < -0.39 is 11.4 Å². The Hall–Kier alpha value is -3.43. The monoisotopic (exact) mass is 564 g/mol. The van der Waals surface area contributed by atoms with Gasteiger partial charge >= 0.3 is 0 Å². The second-order valence-electron chi connectivity index (χ2n) is 11.5. The van der Waals surface area contributed by atoms with E-state index in [9.17, 15) is 14.3 Å². The molecule has 0 spiro atoms. The van der Waals surface area contributed by atoms with Crippen LogP contribution in [0.25, 0.3) is 5.82 Å². The van der Waals surface area contributed by atoms with Crippen LogP contribution >= 0.6 is 11.6 Å². The molecule has 6 rings (SSSR count). The molecule has 2 aliphatic carbocycles. The van der Waals surface area contributed by atoms with E-state index in [4.69, 9.17) is 16.7 Å². The number of rotatable bonds is 6. The Kier molecular flexibility index (Phi) is 6.62. The van der Waals surface area contributed by atoms with E-state index in [1.165, 1.54) is 18.2 Å². The first-order valence-electron chi connectivity index (χ1n) is 13.8. The van der Waals surface area contributed by atoms with E-state index >= 15 is 0 Å². The zero-order valence-electron chi connectivity index (χ0n) is 23.2. The lowest BCUT2D eigenvalue weighted by Gasteiger charge is -2.25. The molecule has 0 radical (unpaired) electrons. The molecule has 210 valence electrons. The number of aromatic nitrogens is 5. The van der Waals surface area contributed by atoms with Crippen LogP contribution in [-0.4, -0.2) is 34.9 Å². The summed E-state index contributed by atoms with van der Waals surface area (Å²) < 4.78 is 19.4. The number of imidazole rings is 1. The molecular weight excluding hydrogens is 531 g/mol. The highest BCUT2D eigenvalue weighted by atomic mass is 35.5. The summed E-state index contributed by atoms with van der Waals surface area (Å²) in [6, 6.07) is 10.3. The number of aliphatic hydroxyl groups is 1. The molecule has 2 fully saturated rings. The van der Waals surface area contributed by atoms with Gasteiger partial charge in [-0.15, -0.1) is 0 Å². The van der Waals surface area contributed by atoms with Gasteiger partial charge in [0.25, 0.3) is 5.91 Å². The van der Waals surface area contributed by atoms with Gasteiger partial charge in [0.15, 0.2) is 5.82 Å². The molecule has 2 atom stereocenters. The highest BCUT2D eigenvalue weighted by molar-refractivity contribution is 6.31. The molecule has 0 saturated heterocycles. The first-order chi connectivity index (χ1) is 19.1. The number of hydrogen-bond donors (Lipinski definition) is 2. The third-order valence-electron chi connectivity index (χ3n) is 8.83. The number of amides is 1. The molecule has 3 aromatic heterocycles. The van der Waals surface area contributed by atoms with E-state index in [1.807, 2.05) is 10.7 Å². The molecule has 40 heavy (non-hydrogen) atoms. The lowest BCUT2D eigenvalue weighted by atomic mass is 9.90. The average molecular weight is 565 g/mol. The summed E-state index contributed by atoms with van der Waals surface area (Å²) in [6.07, 6.45) is 4.70. The van der Waals surface area contributed by atoms with Gasteiger partial charge in [-0.25, -0.2) is 9.37 Å². The van der Waals surface area contributed by atoms with Gasteiger partial charge in [0.05, 0.1) is 22.7 Å². The van der Waals surface area contributed by atoms with Gasteiger partial charge in [-0.3, -0.25) is 9.48 Å². The number of hydrogen-bond acceptors (Lipinski definition) is 4. The van der Waals surface area contributed by atoms with Crippen LogP contribution < -0.4 is 5.32 Å². The second-order valence-corrected chi connectivity index (χ2v) is 11.9. The molecule has 10 heteroatoms. The highest BCUT2D eigenvalue weighted by Gasteiger charge is 2.52. The van der Waals surface area contributed by atoms with Gasteiger partial charge in [-0.2, -0.15) is 5.10 Å². The van der Waals surface area contributed by atoms with E-state index in [2.05, 4.69) is 47.8 Å². The predicted octanol–water partition coefficient (Wildman–Crippen LogP) is 5.88. The molecule has 3 heterocycles. The second kappa shape index (κ2) is 9.89. The smallest absolute Gasteiger partial charge is 0.274 e. The van der Waals surface area contributed by atoms with E-state index in [0.717, 1.165) is 41.4 Å². The number of aryl methyl sites for hydroxylation is 4. The largest absolute Gasteiger partial charge is 0.384 e. The van der Waals surface area contributed by atoms with E-state index in [1.54, 1.807) is 17.9 Å². The maximum Gasteiger partial charge on any atom is 0.274 e. The molecule has 2 aliphatic rings. The van der Waals surface area contributed by atoms with Crippen molar-refractivity contribution in [3.63, 3.8) is 0 Å². The molecular formula is C30H34ClFN6O2. The number of benzene rings is 1. The number of carbonyl (C=O) groups is 1. The van der Waals surface area contributed by atoms with Crippen LogP contribution in [0.3, 0.4) is 0 Å². The Morgan fingerprint density at radius 1 is 1.15 bits per heavy atom. The summed E-state index contributed by atoms with van der Waals surface area (Å²) in [5, 5.41) is 19.6. The maximum atomic E-state index is 13.6. The van der Waals surface area contributed by atoms with Crippen LogP contribution in [0.1, 0.15) is 71.8 Å². The minimum Gasteiger partial charge on any atom is -0.384 e. The first kappa shape index (κ1) is 26.8. The van der Waals surface area contributed by atoms with Crippen LogP contribution in [0.4, 0.5) is 10.1 Å². The Morgan fingerprint density at radius 3 is 2.45 bits per heavy atom. The normalized spacial score (nSPS) is 24.0. The van der Waals surface area contributed by atoms with Crippen LogP contribution in [-0.2, 0) is 19.2 Å². The SMILES string of the molecule is CCn1nc(-n2c(C)ccc2C)cc1C1(O)CC2CC(c3ncn(C)c3C(=O)Nc3ccc(F)c(Cl)c3)CC2C1.